The molecule has 0 aromatic heterocycles. The van der Waals surface area contributed by atoms with Crippen LogP contribution in [0.15, 0.2) is 30.3 Å². The molecule has 5 atom stereocenters. The van der Waals surface area contributed by atoms with E-state index < -0.39 is 59.7 Å². The fourth-order valence-electron chi connectivity index (χ4n) is 5.31. The SMILES string of the molecule is CC(C)C[C@@H]1NC(=O)[C@@H](Cc2ccccc2)NC(=O)[C@@H](CC(C)C)NC(=O)[C@H](CC(C)C)N(C)C(=O)[C@H](C(C)C)NC1=O. The molecule has 1 heterocycles. The van der Waals surface area contributed by atoms with E-state index in [9.17, 15) is 24.0 Å². The molecule has 1 aliphatic heterocycles. The Bertz CT molecular complexity index is 1100. The van der Waals surface area contributed by atoms with Crippen molar-refractivity contribution in [3.63, 3.8) is 0 Å². The molecule has 0 saturated carbocycles. The summed E-state index contributed by atoms with van der Waals surface area (Å²) in [6, 6.07) is 4.70. The van der Waals surface area contributed by atoms with Gasteiger partial charge < -0.3 is 26.2 Å². The van der Waals surface area contributed by atoms with Gasteiger partial charge in [0.25, 0.3) is 0 Å². The maximum absolute atomic E-state index is 13.8. The van der Waals surface area contributed by atoms with E-state index in [0.717, 1.165) is 5.56 Å². The first-order valence-electron chi connectivity index (χ1n) is 15.6. The topological polar surface area (TPSA) is 137 Å². The van der Waals surface area contributed by atoms with Gasteiger partial charge in [0.2, 0.25) is 29.5 Å². The summed E-state index contributed by atoms with van der Waals surface area (Å²) in [5.41, 5.74) is 0.833. The van der Waals surface area contributed by atoms with Gasteiger partial charge in [-0.05, 0) is 48.5 Å². The Morgan fingerprint density at radius 3 is 1.53 bits per heavy atom. The molecule has 0 spiro atoms. The average Bonchev–Trinajstić information content (AvgIpc) is 2.91. The fraction of sp³-hybridized carbons (Fsp3) is 0.667. The van der Waals surface area contributed by atoms with Crippen LogP contribution in [-0.2, 0) is 30.4 Å². The molecule has 4 N–H and O–H groups in total. The van der Waals surface area contributed by atoms with E-state index in [-0.39, 0.29) is 30.1 Å². The molecule has 0 unspecified atom stereocenters. The number of carbonyl (C=O) groups excluding carboxylic acids is 5. The number of amides is 5. The Morgan fingerprint density at radius 1 is 0.605 bits per heavy atom. The van der Waals surface area contributed by atoms with Crippen molar-refractivity contribution in [3.8, 4) is 0 Å². The van der Waals surface area contributed by atoms with Crippen molar-refractivity contribution in [2.75, 3.05) is 7.05 Å². The molecule has 0 aliphatic carbocycles. The van der Waals surface area contributed by atoms with Crippen LogP contribution in [0.5, 0.6) is 0 Å². The second kappa shape index (κ2) is 16.4. The van der Waals surface area contributed by atoms with Crippen LogP contribution in [0.4, 0.5) is 0 Å². The minimum absolute atomic E-state index is 0.0591. The summed E-state index contributed by atoms with van der Waals surface area (Å²) in [5, 5.41) is 11.5. The molecule has 10 nitrogen and oxygen atoms in total. The summed E-state index contributed by atoms with van der Waals surface area (Å²) in [4.78, 5) is 70.2. The van der Waals surface area contributed by atoms with Crippen LogP contribution in [0.2, 0.25) is 0 Å². The van der Waals surface area contributed by atoms with Gasteiger partial charge in [0.1, 0.15) is 30.2 Å². The highest BCUT2D eigenvalue weighted by atomic mass is 16.2. The summed E-state index contributed by atoms with van der Waals surface area (Å²) in [6.45, 7) is 15.4. The van der Waals surface area contributed by atoms with E-state index in [1.807, 2.05) is 85.7 Å². The van der Waals surface area contributed by atoms with Gasteiger partial charge in [0.05, 0.1) is 0 Å². The van der Waals surface area contributed by atoms with Gasteiger partial charge in [-0.15, -0.1) is 0 Å². The van der Waals surface area contributed by atoms with Crippen molar-refractivity contribution < 1.29 is 24.0 Å². The minimum atomic E-state index is -0.995. The first-order chi connectivity index (χ1) is 20.1. The molecule has 1 aromatic carbocycles. The van der Waals surface area contributed by atoms with Crippen molar-refractivity contribution in [1.82, 2.24) is 26.2 Å². The van der Waals surface area contributed by atoms with Crippen molar-refractivity contribution >= 4 is 29.5 Å². The van der Waals surface area contributed by atoms with Crippen molar-refractivity contribution in [3.05, 3.63) is 35.9 Å². The third kappa shape index (κ3) is 11.0. The Balaban J connectivity index is 2.64. The Morgan fingerprint density at radius 2 is 1.05 bits per heavy atom. The monoisotopic (exact) mass is 599 g/mol. The van der Waals surface area contributed by atoms with Crippen LogP contribution in [0.1, 0.15) is 80.2 Å². The molecule has 1 aliphatic rings. The van der Waals surface area contributed by atoms with Gasteiger partial charge in [-0.3, -0.25) is 24.0 Å². The van der Waals surface area contributed by atoms with Crippen molar-refractivity contribution in [2.45, 2.75) is 111 Å². The summed E-state index contributed by atoms with van der Waals surface area (Å²) < 4.78 is 0. The van der Waals surface area contributed by atoms with E-state index in [0.29, 0.717) is 19.3 Å². The molecule has 1 aromatic rings. The van der Waals surface area contributed by atoms with Crippen LogP contribution in [0.3, 0.4) is 0 Å². The summed E-state index contributed by atoms with van der Waals surface area (Å²) >= 11 is 0. The third-order valence-electron chi connectivity index (χ3n) is 7.64. The van der Waals surface area contributed by atoms with Gasteiger partial charge >= 0.3 is 0 Å². The number of hydrogen-bond acceptors (Lipinski definition) is 5. The molecular weight excluding hydrogens is 546 g/mol. The summed E-state index contributed by atoms with van der Waals surface area (Å²) in [5.74, 6) is -2.42. The molecule has 2 rings (SSSR count). The highest BCUT2D eigenvalue weighted by molar-refractivity contribution is 5.98. The highest BCUT2D eigenvalue weighted by Gasteiger charge is 2.38. The van der Waals surface area contributed by atoms with Gasteiger partial charge in [-0.1, -0.05) is 85.7 Å². The molecule has 0 radical (unpaired) electrons. The minimum Gasteiger partial charge on any atom is -0.343 e. The number of likely N-dealkylation sites (N-methyl/N-ethyl adjacent to an activating group) is 1. The lowest BCUT2D eigenvalue weighted by Crippen LogP contribution is -2.59. The Kier molecular flexibility index (Phi) is 13.7. The number of hydrogen-bond donors (Lipinski definition) is 4. The molecule has 43 heavy (non-hydrogen) atoms. The number of nitrogens with one attached hydrogen (secondary N) is 4. The smallest absolute Gasteiger partial charge is 0.245 e. The predicted molar refractivity (Wildman–Crippen MR) is 168 cm³/mol. The van der Waals surface area contributed by atoms with Crippen LogP contribution in [0.25, 0.3) is 0 Å². The zero-order chi connectivity index (χ0) is 32.4. The van der Waals surface area contributed by atoms with E-state index in [4.69, 9.17) is 0 Å². The lowest BCUT2D eigenvalue weighted by molar-refractivity contribution is -0.144. The number of carbonyl (C=O) groups is 5. The van der Waals surface area contributed by atoms with Gasteiger partial charge in [0.15, 0.2) is 0 Å². The summed E-state index contributed by atoms with van der Waals surface area (Å²) in [6.07, 6.45) is 1.25. The number of benzene rings is 1. The van der Waals surface area contributed by atoms with Crippen LogP contribution >= 0.6 is 0 Å². The first kappa shape index (κ1) is 35.8. The van der Waals surface area contributed by atoms with E-state index >= 15 is 0 Å². The molecule has 10 heteroatoms. The molecule has 0 bridgehead atoms. The largest absolute Gasteiger partial charge is 0.343 e. The van der Waals surface area contributed by atoms with Gasteiger partial charge in [-0.25, -0.2) is 0 Å². The van der Waals surface area contributed by atoms with Crippen molar-refractivity contribution in [1.29, 1.82) is 0 Å². The van der Waals surface area contributed by atoms with Gasteiger partial charge in [0, 0.05) is 13.5 Å². The van der Waals surface area contributed by atoms with E-state index in [1.54, 1.807) is 7.05 Å². The van der Waals surface area contributed by atoms with Crippen LogP contribution < -0.4 is 21.3 Å². The predicted octanol–water partition coefficient (Wildman–Crippen LogP) is 2.80. The zero-order valence-electron chi connectivity index (χ0n) is 27.4. The third-order valence-corrected chi connectivity index (χ3v) is 7.64. The van der Waals surface area contributed by atoms with E-state index in [1.165, 1.54) is 4.90 Å². The van der Waals surface area contributed by atoms with Crippen molar-refractivity contribution in [2.24, 2.45) is 23.7 Å². The molecule has 240 valence electrons. The molecular formula is C33H53N5O5. The number of rotatable bonds is 9. The van der Waals surface area contributed by atoms with E-state index in [2.05, 4.69) is 21.3 Å². The zero-order valence-corrected chi connectivity index (χ0v) is 27.4. The highest BCUT2D eigenvalue weighted by Crippen LogP contribution is 2.17. The quantitative estimate of drug-likeness (QED) is 0.346. The fourth-order valence-corrected chi connectivity index (χ4v) is 5.31. The average molecular weight is 600 g/mol. The Labute approximate surface area is 257 Å². The summed E-state index contributed by atoms with van der Waals surface area (Å²) in [7, 11) is 1.56. The number of nitrogens with zero attached hydrogens (tertiary/aromatic N) is 1. The normalized spacial score (nSPS) is 24.9. The maximum Gasteiger partial charge on any atom is 0.245 e. The maximum atomic E-state index is 13.8. The lowest BCUT2D eigenvalue weighted by atomic mass is 9.96. The molecule has 1 saturated heterocycles. The lowest BCUT2D eigenvalue weighted by Gasteiger charge is -2.34. The first-order valence-corrected chi connectivity index (χ1v) is 15.6. The van der Waals surface area contributed by atoms with Crippen LogP contribution in [0, 0.1) is 23.7 Å². The molecule has 1 fully saturated rings. The standard InChI is InChI=1S/C33H53N5O5/c1-19(2)15-24-29(39)35-26(18-23-13-11-10-12-14-23)30(40)34-25(16-20(3)4)31(41)37-28(22(7)8)33(43)38(9)27(17-21(5)6)32(42)36-24/h10-14,19-22,24-28H,15-18H2,1-9H3,(H,34,40)(H,35,39)(H,36,42)(H,37,41)/t24-,25+,26-,27+,28+/m1/s1. The van der Waals surface area contributed by atoms with Gasteiger partial charge in [-0.2, -0.15) is 0 Å². The molecule has 5 amide bonds. The second-order valence-corrected chi connectivity index (χ2v) is 13.5. The van der Waals surface area contributed by atoms with Crippen LogP contribution in [-0.4, -0.2) is 71.7 Å². The second-order valence-electron chi connectivity index (χ2n) is 13.5. The Hall–Kier alpha value is -3.43.